The molecule has 0 aliphatic carbocycles. The van der Waals surface area contributed by atoms with E-state index in [9.17, 15) is 4.79 Å². The Morgan fingerprint density at radius 3 is 2.30 bits per heavy atom. The van der Waals surface area contributed by atoms with Gasteiger partial charge in [0, 0.05) is 50.5 Å². The zero-order valence-corrected chi connectivity index (χ0v) is 19.4. The summed E-state index contributed by atoms with van der Waals surface area (Å²) in [4.78, 5) is 14.8. The van der Waals surface area contributed by atoms with E-state index in [0.717, 1.165) is 35.7 Å². The van der Waals surface area contributed by atoms with Crippen LogP contribution in [0.2, 0.25) is 0 Å². The van der Waals surface area contributed by atoms with Crippen LogP contribution in [0.1, 0.15) is 40.2 Å². The summed E-state index contributed by atoms with van der Waals surface area (Å²) >= 11 is 2.31. The standard InChI is InChI=1S/C24H25IN4O/c1-17-15-20(18(2)29(17)23-11-7-21(25)8-12-23)16-26-27-24(30)19-5-9-22(10-6-19)28-13-3-4-14-28/h5-12,15-16H,3-4,13-14H2,1-2H3,(H,27,30)/b26-16+. The van der Waals surface area contributed by atoms with Crippen molar-refractivity contribution >= 4 is 40.4 Å². The molecule has 154 valence electrons. The Balaban J connectivity index is 1.43. The number of hydrogen-bond donors (Lipinski definition) is 1. The van der Waals surface area contributed by atoms with Crippen LogP contribution >= 0.6 is 22.6 Å². The van der Waals surface area contributed by atoms with Gasteiger partial charge in [-0.1, -0.05) is 0 Å². The van der Waals surface area contributed by atoms with Gasteiger partial charge in [0.1, 0.15) is 0 Å². The molecule has 1 aliphatic heterocycles. The minimum Gasteiger partial charge on any atom is -0.372 e. The number of rotatable bonds is 5. The molecule has 4 rings (SSSR count). The monoisotopic (exact) mass is 512 g/mol. The molecule has 1 aliphatic rings. The third-order valence-electron chi connectivity index (χ3n) is 5.53. The largest absolute Gasteiger partial charge is 0.372 e. The first-order valence-corrected chi connectivity index (χ1v) is 11.2. The first kappa shape index (κ1) is 20.7. The molecule has 6 heteroatoms. The summed E-state index contributed by atoms with van der Waals surface area (Å²) in [5.41, 5.74) is 8.74. The van der Waals surface area contributed by atoms with Crippen molar-refractivity contribution in [3.8, 4) is 5.69 Å². The van der Waals surface area contributed by atoms with E-state index in [1.165, 1.54) is 22.1 Å². The van der Waals surface area contributed by atoms with E-state index in [4.69, 9.17) is 0 Å². The second-order valence-corrected chi connectivity index (χ2v) is 8.82. The van der Waals surface area contributed by atoms with E-state index in [1.54, 1.807) is 6.21 Å². The Morgan fingerprint density at radius 2 is 1.63 bits per heavy atom. The van der Waals surface area contributed by atoms with Crippen LogP contribution in [0, 0.1) is 17.4 Å². The normalized spacial score (nSPS) is 13.9. The first-order valence-electron chi connectivity index (χ1n) is 10.2. The van der Waals surface area contributed by atoms with Crippen molar-refractivity contribution < 1.29 is 4.79 Å². The Bertz CT molecular complexity index is 1060. The fourth-order valence-corrected chi connectivity index (χ4v) is 4.29. The number of nitrogens with zero attached hydrogens (tertiary/aromatic N) is 3. The lowest BCUT2D eigenvalue weighted by atomic mass is 10.2. The zero-order valence-electron chi connectivity index (χ0n) is 17.2. The molecule has 1 fully saturated rings. The number of nitrogens with one attached hydrogen (secondary N) is 1. The summed E-state index contributed by atoms with van der Waals surface area (Å²) in [7, 11) is 0. The second-order valence-electron chi connectivity index (χ2n) is 7.58. The highest BCUT2D eigenvalue weighted by Crippen LogP contribution is 2.21. The van der Waals surface area contributed by atoms with Gasteiger partial charge in [-0.05, 0) is 104 Å². The van der Waals surface area contributed by atoms with Crippen LogP contribution in [0.5, 0.6) is 0 Å². The van der Waals surface area contributed by atoms with Crippen LogP contribution < -0.4 is 10.3 Å². The number of aromatic nitrogens is 1. The van der Waals surface area contributed by atoms with Gasteiger partial charge in [-0.25, -0.2) is 5.43 Å². The minimum atomic E-state index is -0.203. The summed E-state index contributed by atoms with van der Waals surface area (Å²) in [5.74, 6) is -0.203. The summed E-state index contributed by atoms with van der Waals surface area (Å²) < 4.78 is 3.40. The molecule has 3 aromatic rings. The predicted molar refractivity (Wildman–Crippen MR) is 131 cm³/mol. The van der Waals surface area contributed by atoms with Gasteiger partial charge in [0.2, 0.25) is 0 Å². The van der Waals surface area contributed by atoms with Crippen molar-refractivity contribution in [2.75, 3.05) is 18.0 Å². The Kier molecular flexibility index (Phi) is 6.22. The van der Waals surface area contributed by atoms with Crippen molar-refractivity contribution in [2.24, 2.45) is 5.10 Å². The molecular weight excluding hydrogens is 487 g/mol. The number of carbonyl (C=O) groups is 1. The Hall–Kier alpha value is -2.61. The molecule has 0 saturated carbocycles. The fraction of sp³-hybridized carbons (Fsp3) is 0.250. The van der Waals surface area contributed by atoms with Gasteiger partial charge in [0.15, 0.2) is 0 Å². The molecule has 2 aromatic carbocycles. The average molecular weight is 512 g/mol. The lowest BCUT2D eigenvalue weighted by Gasteiger charge is -2.17. The van der Waals surface area contributed by atoms with Crippen molar-refractivity contribution in [1.82, 2.24) is 9.99 Å². The number of hydrazone groups is 1. The number of benzene rings is 2. The minimum absolute atomic E-state index is 0.203. The smallest absolute Gasteiger partial charge is 0.271 e. The molecule has 1 saturated heterocycles. The van der Waals surface area contributed by atoms with Crippen LogP contribution in [-0.2, 0) is 0 Å². The van der Waals surface area contributed by atoms with Gasteiger partial charge in [-0.15, -0.1) is 0 Å². The van der Waals surface area contributed by atoms with E-state index in [0.29, 0.717) is 5.56 Å². The summed E-state index contributed by atoms with van der Waals surface area (Å²) in [6.07, 6.45) is 4.18. The van der Waals surface area contributed by atoms with E-state index in [1.807, 2.05) is 24.3 Å². The lowest BCUT2D eigenvalue weighted by Crippen LogP contribution is -2.19. The SMILES string of the molecule is Cc1cc(/C=N/NC(=O)c2ccc(N3CCCC3)cc2)c(C)n1-c1ccc(I)cc1. The van der Waals surface area contributed by atoms with E-state index in [2.05, 4.69) is 86.8 Å². The Morgan fingerprint density at radius 1 is 1.00 bits per heavy atom. The van der Waals surface area contributed by atoms with Crippen molar-refractivity contribution in [2.45, 2.75) is 26.7 Å². The molecule has 2 heterocycles. The average Bonchev–Trinajstić information content (AvgIpc) is 3.38. The van der Waals surface area contributed by atoms with Gasteiger partial charge in [-0.2, -0.15) is 5.10 Å². The summed E-state index contributed by atoms with van der Waals surface area (Å²) in [5, 5.41) is 4.19. The number of hydrogen-bond acceptors (Lipinski definition) is 3. The van der Waals surface area contributed by atoms with Crippen LogP contribution in [0.15, 0.2) is 59.7 Å². The van der Waals surface area contributed by atoms with Crippen LogP contribution in [0.4, 0.5) is 5.69 Å². The maximum Gasteiger partial charge on any atom is 0.271 e. The molecule has 5 nitrogen and oxygen atoms in total. The molecule has 0 bridgehead atoms. The van der Waals surface area contributed by atoms with Crippen LogP contribution in [0.25, 0.3) is 5.69 Å². The van der Waals surface area contributed by atoms with Gasteiger partial charge in [0.05, 0.1) is 6.21 Å². The molecule has 1 N–H and O–H groups in total. The maximum absolute atomic E-state index is 12.4. The Labute approximate surface area is 190 Å². The molecule has 0 spiro atoms. The second kappa shape index (κ2) is 9.04. The van der Waals surface area contributed by atoms with E-state index >= 15 is 0 Å². The molecule has 30 heavy (non-hydrogen) atoms. The number of aryl methyl sites for hydroxylation is 1. The molecule has 0 radical (unpaired) electrons. The third kappa shape index (κ3) is 4.43. The molecule has 1 aromatic heterocycles. The predicted octanol–water partition coefficient (Wildman–Crippen LogP) is 5.06. The quantitative estimate of drug-likeness (QED) is 0.295. The molecular formula is C24H25IN4O. The molecule has 1 amide bonds. The topological polar surface area (TPSA) is 49.6 Å². The van der Waals surface area contributed by atoms with E-state index in [-0.39, 0.29) is 5.91 Å². The summed E-state index contributed by atoms with van der Waals surface area (Å²) in [6, 6.07) is 18.2. The number of carbonyl (C=O) groups excluding carboxylic acids is 1. The number of amides is 1. The van der Waals surface area contributed by atoms with Gasteiger partial charge >= 0.3 is 0 Å². The van der Waals surface area contributed by atoms with Crippen LogP contribution in [-0.4, -0.2) is 29.8 Å². The maximum atomic E-state index is 12.4. The highest BCUT2D eigenvalue weighted by molar-refractivity contribution is 14.1. The van der Waals surface area contributed by atoms with Crippen LogP contribution in [0.3, 0.4) is 0 Å². The van der Waals surface area contributed by atoms with Gasteiger partial charge in [-0.3, -0.25) is 4.79 Å². The van der Waals surface area contributed by atoms with Crippen molar-refractivity contribution in [3.05, 3.63) is 80.7 Å². The summed E-state index contributed by atoms with van der Waals surface area (Å²) in [6.45, 7) is 6.32. The molecule has 0 unspecified atom stereocenters. The van der Waals surface area contributed by atoms with E-state index < -0.39 is 0 Å². The fourth-order valence-electron chi connectivity index (χ4n) is 3.93. The van der Waals surface area contributed by atoms with Crippen molar-refractivity contribution in [1.29, 1.82) is 0 Å². The number of anilines is 1. The highest BCUT2D eigenvalue weighted by Gasteiger charge is 2.13. The number of halogens is 1. The highest BCUT2D eigenvalue weighted by atomic mass is 127. The zero-order chi connectivity index (χ0) is 21.1. The van der Waals surface area contributed by atoms with Gasteiger partial charge < -0.3 is 9.47 Å². The van der Waals surface area contributed by atoms with Gasteiger partial charge in [0.25, 0.3) is 5.91 Å². The van der Waals surface area contributed by atoms with Crippen molar-refractivity contribution in [3.63, 3.8) is 0 Å². The lowest BCUT2D eigenvalue weighted by molar-refractivity contribution is 0.0955. The first-order chi connectivity index (χ1) is 14.5. The third-order valence-corrected chi connectivity index (χ3v) is 6.24. The molecule has 0 atom stereocenters.